The van der Waals surface area contributed by atoms with E-state index in [4.69, 9.17) is 10.00 Å². The van der Waals surface area contributed by atoms with Crippen LogP contribution in [0.2, 0.25) is 0 Å². The van der Waals surface area contributed by atoms with E-state index in [-0.39, 0.29) is 6.61 Å². The van der Waals surface area contributed by atoms with Crippen LogP contribution in [0, 0.1) is 20.8 Å². The van der Waals surface area contributed by atoms with E-state index in [0.29, 0.717) is 5.69 Å². The van der Waals surface area contributed by atoms with Crippen LogP contribution in [0.15, 0.2) is 29.3 Å². The zero-order chi connectivity index (χ0) is 12.7. The first-order valence-corrected chi connectivity index (χ1v) is 6.11. The third-order valence-corrected chi connectivity index (χ3v) is 2.60. The first-order valence-electron chi connectivity index (χ1n) is 5.03. The lowest BCUT2D eigenvalue weighted by Crippen LogP contribution is -2.17. The van der Waals surface area contributed by atoms with Gasteiger partial charge in [0.25, 0.3) is 0 Å². The fourth-order valence-electron chi connectivity index (χ4n) is 1.07. The van der Waals surface area contributed by atoms with Crippen LogP contribution in [-0.4, -0.2) is 18.8 Å². The summed E-state index contributed by atoms with van der Waals surface area (Å²) in [7, 11) is 0. The Kier molecular flexibility index (Phi) is 5.63. The number of aliphatic imine (C=N–C) groups is 1. The number of esters is 1. The Balaban J connectivity index is 2.71. The second-order valence-electron chi connectivity index (χ2n) is 3.11. The fraction of sp³-hybridized carbons (Fsp3) is 0.250. The molecule has 0 aliphatic carbocycles. The van der Waals surface area contributed by atoms with Crippen LogP contribution >= 0.6 is 22.6 Å². The third-order valence-electron chi connectivity index (χ3n) is 1.88. The van der Waals surface area contributed by atoms with Gasteiger partial charge in [0.15, 0.2) is 5.92 Å². The van der Waals surface area contributed by atoms with Crippen molar-refractivity contribution in [1.29, 1.82) is 5.26 Å². The van der Waals surface area contributed by atoms with Crippen molar-refractivity contribution in [1.82, 2.24) is 0 Å². The Labute approximate surface area is 113 Å². The summed E-state index contributed by atoms with van der Waals surface area (Å²) in [6, 6.07) is 9.28. The highest BCUT2D eigenvalue weighted by atomic mass is 127. The maximum absolute atomic E-state index is 11.3. The number of nitrogens with zero attached hydrogens (tertiary/aromatic N) is 2. The van der Waals surface area contributed by atoms with Crippen LogP contribution in [0.25, 0.3) is 0 Å². The first-order chi connectivity index (χ1) is 8.17. The molecule has 0 saturated carbocycles. The van der Waals surface area contributed by atoms with Gasteiger partial charge in [0.2, 0.25) is 0 Å². The van der Waals surface area contributed by atoms with Gasteiger partial charge < -0.3 is 4.74 Å². The van der Waals surface area contributed by atoms with Gasteiger partial charge in [-0.25, -0.2) is 0 Å². The van der Waals surface area contributed by atoms with Crippen LogP contribution < -0.4 is 0 Å². The molecule has 17 heavy (non-hydrogen) atoms. The lowest BCUT2D eigenvalue weighted by molar-refractivity contribution is -0.143. The molecule has 1 atom stereocenters. The minimum Gasteiger partial charge on any atom is -0.465 e. The number of nitriles is 1. The maximum Gasteiger partial charge on any atom is 0.328 e. The van der Waals surface area contributed by atoms with Crippen molar-refractivity contribution in [2.24, 2.45) is 10.9 Å². The van der Waals surface area contributed by atoms with Crippen LogP contribution in [0.1, 0.15) is 6.92 Å². The number of benzene rings is 1. The van der Waals surface area contributed by atoms with Crippen molar-refractivity contribution in [2.75, 3.05) is 6.61 Å². The van der Waals surface area contributed by atoms with Crippen LogP contribution in [-0.2, 0) is 9.53 Å². The lowest BCUT2D eigenvalue weighted by atomic mass is 10.2. The number of hydrogen-bond donors (Lipinski definition) is 0. The molecular formula is C12H11IN2O2. The van der Waals surface area contributed by atoms with Gasteiger partial charge in [0.05, 0.1) is 18.4 Å². The Bertz CT molecular complexity index is 449. The molecule has 0 N–H and O–H groups in total. The second kappa shape index (κ2) is 7.01. The molecular weight excluding hydrogens is 331 g/mol. The molecule has 4 nitrogen and oxygen atoms in total. The quantitative estimate of drug-likeness (QED) is 0.480. The number of carbonyl (C=O) groups excluding carboxylic acids is 1. The fourth-order valence-corrected chi connectivity index (χ4v) is 1.43. The number of ether oxygens (including phenoxy) is 1. The molecule has 0 amide bonds. The highest BCUT2D eigenvalue weighted by Crippen LogP contribution is 2.14. The van der Waals surface area contributed by atoms with E-state index in [1.807, 2.05) is 30.3 Å². The van der Waals surface area contributed by atoms with Gasteiger partial charge >= 0.3 is 5.97 Å². The van der Waals surface area contributed by atoms with Gasteiger partial charge in [-0.15, -0.1) is 0 Å². The number of hydrogen-bond acceptors (Lipinski definition) is 4. The number of carbonyl (C=O) groups is 1. The Morgan fingerprint density at radius 1 is 1.59 bits per heavy atom. The van der Waals surface area contributed by atoms with Crippen molar-refractivity contribution in [3.63, 3.8) is 0 Å². The molecule has 1 aromatic rings. The van der Waals surface area contributed by atoms with E-state index in [0.717, 1.165) is 3.57 Å². The Morgan fingerprint density at radius 3 is 2.76 bits per heavy atom. The van der Waals surface area contributed by atoms with Crippen molar-refractivity contribution < 1.29 is 9.53 Å². The normalized spacial score (nSPS) is 12.1. The predicted molar refractivity (Wildman–Crippen MR) is 73.0 cm³/mol. The molecule has 0 heterocycles. The third kappa shape index (κ3) is 4.53. The minimum atomic E-state index is -0.950. The molecule has 0 aromatic heterocycles. The van der Waals surface area contributed by atoms with E-state index in [9.17, 15) is 4.79 Å². The van der Waals surface area contributed by atoms with Crippen molar-refractivity contribution in [2.45, 2.75) is 6.92 Å². The second-order valence-corrected chi connectivity index (χ2v) is 4.36. The Hall–Kier alpha value is -1.42. The number of rotatable bonds is 4. The highest BCUT2D eigenvalue weighted by Gasteiger charge is 2.16. The summed E-state index contributed by atoms with van der Waals surface area (Å²) in [4.78, 5) is 15.4. The van der Waals surface area contributed by atoms with E-state index in [1.54, 1.807) is 6.92 Å². The van der Waals surface area contributed by atoms with Gasteiger partial charge in [-0.05, 0) is 53.8 Å². The van der Waals surface area contributed by atoms with Crippen LogP contribution in [0.4, 0.5) is 5.69 Å². The zero-order valence-corrected chi connectivity index (χ0v) is 11.4. The standard InChI is InChI=1S/C12H11IN2O2/c1-2-17-12(16)9(7-14)8-15-11-5-3-10(13)4-6-11/h3-6,8-9H,2H2,1H3. The van der Waals surface area contributed by atoms with Crippen molar-refractivity contribution in [3.05, 3.63) is 27.8 Å². The largest absolute Gasteiger partial charge is 0.465 e. The zero-order valence-electron chi connectivity index (χ0n) is 9.26. The smallest absolute Gasteiger partial charge is 0.328 e. The average molecular weight is 342 g/mol. The first kappa shape index (κ1) is 13.6. The Morgan fingerprint density at radius 2 is 2.24 bits per heavy atom. The molecule has 1 rings (SSSR count). The van der Waals surface area contributed by atoms with Gasteiger partial charge in [-0.3, -0.25) is 9.79 Å². The SMILES string of the molecule is CCOC(=O)C(C#N)C=Nc1ccc(I)cc1. The van der Waals surface area contributed by atoms with Gasteiger partial charge in [0.1, 0.15) is 0 Å². The van der Waals surface area contributed by atoms with E-state index < -0.39 is 11.9 Å². The molecule has 88 valence electrons. The van der Waals surface area contributed by atoms with E-state index >= 15 is 0 Å². The van der Waals surface area contributed by atoms with Crippen LogP contribution in [0.3, 0.4) is 0 Å². The summed E-state index contributed by atoms with van der Waals surface area (Å²) < 4.78 is 5.85. The molecule has 1 unspecified atom stereocenters. The van der Waals surface area contributed by atoms with Gasteiger partial charge in [-0.2, -0.15) is 5.26 Å². The molecule has 5 heteroatoms. The predicted octanol–water partition coefficient (Wildman–Crippen LogP) is 2.70. The summed E-state index contributed by atoms with van der Waals surface area (Å²) in [6.45, 7) is 1.96. The van der Waals surface area contributed by atoms with Crippen molar-refractivity contribution >= 4 is 40.5 Å². The molecule has 0 aliphatic heterocycles. The summed E-state index contributed by atoms with van der Waals surface area (Å²) in [5, 5.41) is 8.80. The molecule has 0 fully saturated rings. The molecule has 1 aromatic carbocycles. The molecule has 0 bridgehead atoms. The van der Waals surface area contributed by atoms with E-state index in [2.05, 4.69) is 27.6 Å². The van der Waals surface area contributed by atoms with Crippen LogP contribution in [0.5, 0.6) is 0 Å². The maximum atomic E-state index is 11.3. The van der Waals surface area contributed by atoms with Crippen molar-refractivity contribution in [3.8, 4) is 6.07 Å². The van der Waals surface area contributed by atoms with Gasteiger partial charge in [-0.1, -0.05) is 0 Å². The summed E-state index contributed by atoms with van der Waals surface area (Å²) in [6.07, 6.45) is 1.31. The molecule has 0 aliphatic rings. The summed E-state index contributed by atoms with van der Waals surface area (Å²) >= 11 is 2.19. The monoisotopic (exact) mass is 342 g/mol. The molecule has 0 radical (unpaired) electrons. The number of halogens is 1. The summed E-state index contributed by atoms with van der Waals surface area (Å²) in [5.41, 5.74) is 0.704. The lowest BCUT2D eigenvalue weighted by Gasteiger charge is -2.02. The van der Waals surface area contributed by atoms with Gasteiger partial charge in [0, 0.05) is 9.78 Å². The highest BCUT2D eigenvalue weighted by molar-refractivity contribution is 14.1. The average Bonchev–Trinajstić information content (AvgIpc) is 2.32. The summed E-state index contributed by atoms with van der Waals surface area (Å²) in [5.74, 6) is -1.52. The topological polar surface area (TPSA) is 62.5 Å². The molecule has 0 saturated heterocycles. The minimum absolute atomic E-state index is 0.258. The molecule has 0 spiro atoms. The van der Waals surface area contributed by atoms with E-state index in [1.165, 1.54) is 6.21 Å².